The normalized spacial score (nSPS) is 23.4. The molecule has 2 aromatic rings. The molecular formula is C17H19BrN2. The Hall–Kier alpha value is -1.06. The molecule has 3 heteroatoms. The molecule has 0 spiro atoms. The fourth-order valence-corrected chi connectivity index (χ4v) is 3.76. The average Bonchev–Trinajstić information content (AvgIpc) is 3.23. The highest BCUT2D eigenvalue weighted by Crippen LogP contribution is 2.33. The lowest BCUT2D eigenvalue weighted by atomic mass is 10.1. The lowest BCUT2D eigenvalue weighted by Gasteiger charge is -2.18. The predicted molar refractivity (Wildman–Crippen MR) is 88.3 cm³/mol. The van der Waals surface area contributed by atoms with Crippen molar-refractivity contribution in [2.24, 2.45) is 0 Å². The van der Waals surface area contributed by atoms with Crippen LogP contribution >= 0.6 is 15.9 Å². The summed E-state index contributed by atoms with van der Waals surface area (Å²) in [5, 5.41) is 6.36. The fraction of sp³-hybridized carbons (Fsp3) is 0.412. The molecule has 20 heavy (non-hydrogen) atoms. The van der Waals surface area contributed by atoms with Crippen molar-refractivity contribution in [2.75, 3.05) is 18.4 Å². The third-order valence-corrected chi connectivity index (χ3v) is 5.20. The Morgan fingerprint density at radius 1 is 1.00 bits per heavy atom. The van der Waals surface area contributed by atoms with Gasteiger partial charge in [-0.1, -0.05) is 40.2 Å². The van der Waals surface area contributed by atoms with E-state index in [1.807, 2.05) is 0 Å². The summed E-state index contributed by atoms with van der Waals surface area (Å²) in [7, 11) is 0. The summed E-state index contributed by atoms with van der Waals surface area (Å²) < 4.78 is 1.17. The zero-order valence-corrected chi connectivity index (χ0v) is 13.1. The van der Waals surface area contributed by atoms with Crippen LogP contribution in [0.2, 0.25) is 0 Å². The van der Waals surface area contributed by atoms with Crippen molar-refractivity contribution in [1.82, 2.24) is 4.90 Å². The topological polar surface area (TPSA) is 15.3 Å². The van der Waals surface area contributed by atoms with E-state index in [0.29, 0.717) is 6.04 Å². The van der Waals surface area contributed by atoms with Crippen LogP contribution in [0.1, 0.15) is 19.3 Å². The highest BCUT2D eigenvalue weighted by atomic mass is 79.9. The van der Waals surface area contributed by atoms with Crippen molar-refractivity contribution in [2.45, 2.75) is 31.3 Å². The van der Waals surface area contributed by atoms with E-state index in [-0.39, 0.29) is 0 Å². The van der Waals surface area contributed by atoms with Crippen LogP contribution < -0.4 is 5.32 Å². The first-order valence-electron chi connectivity index (χ1n) is 7.49. The number of likely N-dealkylation sites (tertiary alicyclic amines) is 1. The summed E-state index contributed by atoms with van der Waals surface area (Å²) in [6.07, 6.45) is 4.09. The Kier molecular flexibility index (Phi) is 3.20. The van der Waals surface area contributed by atoms with Crippen molar-refractivity contribution in [3.8, 4) is 0 Å². The van der Waals surface area contributed by atoms with Crippen LogP contribution in [0.5, 0.6) is 0 Å². The number of anilines is 1. The second-order valence-electron chi connectivity index (χ2n) is 6.00. The fourth-order valence-electron chi connectivity index (χ4n) is 3.28. The van der Waals surface area contributed by atoms with Crippen LogP contribution in [0, 0.1) is 0 Å². The summed E-state index contributed by atoms with van der Waals surface area (Å²) in [6.45, 7) is 2.46. The Labute approximate surface area is 128 Å². The van der Waals surface area contributed by atoms with Gasteiger partial charge in [0.1, 0.15) is 0 Å². The molecule has 2 aliphatic rings. The van der Waals surface area contributed by atoms with Gasteiger partial charge in [-0.3, -0.25) is 4.90 Å². The Morgan fingerprint density at radius 3 is 2.60 bits per heavy atom. The van der Waals surface area contributed by atoms with Gasteiger partial charge in [0.2, 0.25) is 0 Å². The van der Waals surface area contributed by atoms with E-state index in [9.17, 15) is 0 Å². The van der Waals surface area contributed by atoms with E-state index in [0.717, 1.165) is 6.04 Å². The summed E-state index contributed by atoms with van der Waals surface area (Å²) in [4.78, 5) is 2.65. The minimum atomic E-state index is 0.597. The molecule has 1 unspecified atom stereocenters. The van der Waals surface area contributed by atoms with E-state index in [2.05, 4.69) is 62.5 Å². The van der Waals surface area contributed by atoms with Crippen LogP contribution in [0.4, 0.5) is 5.69 Å². The Morgan fingerprint density at radius 2 is 1.80 bits per heavy atom. The summed E-state index contributed by atoms with van der Waals surface area (Å²) in [6, 6.07) is 14.4. The van der Waals surface area contributed by atoms with E-state index in [1.54, 1.807) is 0 Å². The van der Waals surface area contributed by atoms with Gasteiger partial charge in [0.15, 0.2) is 0 Å². The largest absolute Gasteiger partial charge is 0.380 e. The first-order chi connectivity index (χ1) is 9.81. The third-order valence-electron chi connectivity index (χ3n) is 4.51. The molecule has 1 atom stereocenters. The molecule has 104 valence electrons. The number of nitrogens with zero attached hydrogens (tertiary/aromatic N) is 1. The predicted octanol–water partition coefficient (Wildman–Crippen LogP) is 4.25. The van der Waals surface area contributed by atoms with Gasteiger partial charge < -0.3 is 5.32 Å². The lowest BCUT2D eigenvalue weighted by Crippen LogP contribution is -2.27. The van der Waals surface area contributed by atoms with Gasteiger partial charge in [0, 0.05) is 40.7 Å². The summed E-state index contributed by atoms with van der Waals surface area (Å²) in [5.74, 6) is 0. The van der Waals surface area contributed by atoms with Crippen LogP contribution in [0.3, 0.4) is 0 Å². The van der Waals surface area contributed by atoms with E-state index >= 15 is 0 Å². The maximum Gasteiger partial charge on any atom is 0.0423 e. The van der Waals surface area contributed by atoms with Gasteiger partial charge in [-0.05, 0) is 36.8 Å². The number of hydrogen-bond donors (Lipinski definition) is 1. The SMILES string of the molecule is Brc1ccc(NC2CCN(C3CC3)C2)c2ccccc12. The van der Waals surface area contributed by atoms with Gasteiger partial charge in [0.25, 0.3) is 0 Å². The van der Waals surface area contributed by atoms with Crippen LogP contribution in [-0.4, -0.2) is 30.1 Å². The number of rotatable bonds is 3. The van der Waals surface area contributed by atoms with Gasteiger partial charge in [-0.15, -0.1) is 0 Å². The second-order valence-corrected chi connectivity index (χ2v) is 6.85. The smallest absolute Gasteiger partial charge is 0.0423 e. The van der Waals surface area contributed by atoms with Crippen LogP contribution in [-0.2, 0) is 0 Å². The standard InChI is InChI=1S/C17H19BrN2/c18-16-7-8-17(15-4-2-1-3-14(15)16)19-12-9-10-20(11-12)13-5-6-13/h1-4,7-8,12-13,19H,5-6,9-11H2. The molecule has 4 rings (SSSR count). The first kappa shape index (κ1) is 12.7. The number of halogens is 1. The minimum absolute atomic E-state index is 0.597. The molecule has 0 bridgehead atoms. The Balaban J connectivity index is 1.58. The number of nitrogens with one attached hydrogen (secondary N) is 1. The average molecular weight is 331 g/mol. The molecule has 1 N–H and O–H groups in total. The molecule has 2 fully saturated rings. The first-order valence-corrected chi connectivity index (χ1v) is 8.28. The van der Waals surface area contributed by atoms with Crippen molar-refractivity contribution < 1.29 is 0 Å². The summed E-state index contributed by atoms with van der Waals surface area (Å²) >= 11 is 3.64. The van der Waals surface area contributed by atoms with Gasteiger partial charge in [-0.2, -0.15) is 0 Å². The second kappa shape index (κ2) is 5.05. The van der Waals surface area contributed by atoms with Crippen molar-refractivity contribution in [1.29, 1.82) is 0 Å². The molecule has 1 aliphatic carbocycles. The van der Waals surface area contributed by atoms with Crippen molar-refractivity contribution in [3.63, 3.8) is 0 Å². The number of fused-ring (bicyclic) bond motifs is 1. The van der Waals surface area contributed by atoms with Crippen molar-refractivity contribution >= 4 is 32.4 Å². The van der Waals surface area contributed by atoms with E-state index in [1.165, 1.54) is 53.3 Å². The zero-order valence-electron chi connectivity index (χ0n) is 11.5. The molecule has 2 nitrogen and oxygen atoms in total. The molecular weight excluding hydrogens is 312 g/mol. The van der Waals surface area contributed by atoms with Gasteiger partial charge in [0.05, 0.1) is 0 Å². The highest BCUT2D eigenvalue weighted by Gasteiger charge is 2.34. The maximum atomic E-state index is 3.76. The maximum absolute atomic E-state index is 3.76. The van der Waals surface area contributed by atoms with Crippen LogP contribution in [0.15, 0.2) is 40.9 Å². The van der Waals surface area contributed by atoms with E-state index < -0.39 is 0 Å². The monoisotopic (exact) mass is 330 g/mol. The third kappa shape index (κ3) is 2.33. The van der Waals surface area contributed by atoms with Crippen LogP contribution in [0.25, 0.3) is 10.8 Å². The highest BCUT2D eigenvalue weighted by molar-refractivity contribution is 9.10. The molecule has 1 saturated carbocycles. The quantitative estimate of drug-likeness (QED) is 0.904. The molecule has 0 amide bonds. The molecule has 0 radical (unpaired) electrons. The zero-order chi connectivity index (χ0) is 13.5. The van der Waals surface area contributed by atoms with Crippen molar-refractivity contribution in [3.05, 3.63) is 40.9 Å². The Bertz CT molecular complexity index is 636. The van der Waals surface area contributed by atoms with Gasteiger partial charge in [-0.25, -0.2) is 0 Å². The molecule has 0 aromatic heterocycles. The minimum Gasteiger partial charge on any atom is -0.380 e. The molecule has 1 heterocycles. The number of benzene rings is 2. The van der Waals surface area contributed by atoms with E-state index in [4.69, 9.17) is 0 Å². The van der Waals surface area contributed by atoms with Gasteiger partial charge >= 0.3 is 0 Å². The molecule has 1 saturated heterocycles. The lowest BCUT2D eigenvalue weighted by molar-refractivity contribution is 0.326. The molecule has 2 aromatic carbocycles. The molecule has 1 aliphatic heterocycles. The number of hydrogen-bond acceptors (Lipinski definition) is 2. The summed E-state index contributed by atoms with van der Waals surface area (Å²) in [5.41, 5.74) is 1.27.